The number of aromatic nitrogens is 2. The number of sulfone groups is 1. The molecule has 0 radical (unpaired) electrons. The zero-order chi connectivity index (χ0) is 22.0. The summed E-state index contributed by atoms with van der Waals surface area (Å²) in [6.45, 7) is 4.43. The Morgan fingerprint density at radius 2 is 1.61 bits per heavy atom. The van der Waals surface area contributed by atoms with E-state index in [1.54, 1.807) is 71.5 Å². The summed E-state index contributed by atoms with van der Waals surface area (Å²) in [4.78, 5) is 17.1. The van der Waals surface area contributed by atoms with Crippen LogP contribution in [0.25, 0.3) is 5.65 Å². The van der Waals surface area contributed by atoms with E-state index in [0.29, 0.717) is 18.0 Å². The molecule has 1 amide bonds. The van der Waals surface area contributed by atoms with Crippen LogP contribution >= 0.6 is 0 Å². The van der Waals surface area contributed by atoms with Gasteiger partial charge in [-0.25, -0.2) is 13.4 Å². The van der Waals surface area contributed by atoms with Gasteiger partial charge in [-0.05, 0) is 53.4 Å². The van der Waals surface area contributed by atoms with Gasteiger partial charge < -0.3 is 9.72 Å². The first-order valence-electron chi connectivity index (χ1n) is 9.99. The molecule has 4 aromatic rings. The van der Waals surface area contributed by atoms with Crippen molar-refractivity contribution in [1.82, 2.24) is 14.7 Å². The van der Waals surface area contributed by atoms with Crippen LogP contribution in [0.3, 0.4) is 0 Å². The molecule has 0 unspecified atom stereocenters. The molecule has 2 aromatic carbocycles. The molecule has 7 heteroatoms. The SMILES string of the molecule is CC(C)c1ccc(S(=O)(=O)c2ccc(CNC(=O)c3ccc4nccn4c3)cc2)cc1. The largest absolute Gasteiger partial charge is 0.348 e. The number of fused-ring (bicyclic) bond motifs is 1. The Morgan fingerprint density at radius 3 is 2.26 bits per heavy atom. The fraction of sp³-hybridized carbons (Fsp3) is 0.167. The normalized spacial score (nSPS) is 11.7. The average Bonchev–Trinajstić information content (AvgIpc) is 3.25. The van der Waals surface area contributed by atoms with Gasteiger partial charge in [0.15, 0.2) is 0 Å². The summed E-state index contributed by atoms with van der Waals surface area (Å²) < 4.78 is 27.6. The van der Waals surface area contributed by atoms with Crippen molar-refractivity contribution < 1.29 is 13.2 Å². The molecule has 4 rings (SSSR count). The van der Waals surface area contributed by atoms with Gasteiger partial charge >= 0.3 is 0 Å². The number of imidazole rings is 1. The Labute approximate surface area is 181 Å². The van der Waals surface area contributed by atoms with Crippen LogP contribution in [0, 0.1) is 0 Å². The van der Waals surface area contributed by atoms with Gasteiger partial charge in [0.05, 0.1) is 15.4 Å². The van der Waals surface area contributed by atoms with Gasteiger partial charge in [-0.15, -0.1) is 0 Å². The highest BCUT2D eigenvalue weighted by Crippen LogP contribution is 2.23. The quantitative estimate of drug-likeness (QED) is 0.494. The summed E-state index contributed by atoms with van der Waals surface area (Å²) in [7, 11) is -3.58. The van der Waals surface area contributed by atoms with E-state index in [4.69, 9.17) is 0 Å². The Hall–Kier alpha value is -3.45. The van der Waals surface area contributed by atoms with Gasteiger partial charge in [-0.3, -0.25) is 4.79 Å². The molecule has 2 heterocycles. The summed E-state index contributed by atoms with van der Waals surface area (Å²) in [5.41, 5.74) is 3.20. The van der Waals surface area contributed by atoms with E-state index >= 15 is 0 Å². The maximum Gasteiger partial charge on any atom is 0.253 e. The third kappa shape index (κ3) is 4.36. The summed E-state index contributed by atoms with van der Waals surface area (Å²) in [6.07, 6.45) is 5.17. The molecule has 158 valence electrons. The first-order chi connectivity index (χ1) is 14.8. The minimum Gasteiger partial charge on any atom is -0.348 e. The lowest BCUT2D eigenvalue weighted by molar-refractivity contribution is 0.0950. The lowest BCUT2D eigenvalue weighted by Crippen LogP contribution is -2.23. The van der Waals surface area contributed by atoms with Gasteiger partial charge in [-0.2, -0.15) is 0 Å². The number of hydrogen-bond donors (Lipinski definition) is 1. The smallest absolute Gasteiger partial charge is 0.253 e. The number of amides is 1. The summed E-state index contributed by atoms with van der Waals surface area (Å²) in [5.74, 6) is 0.130. The maximum atomic E-state index is 12.9. The molecule has 0 saturated heterocycles. The molecule has 31 heavy (non-hydrogen) atoms. The number of carbonyl (C=O) groups excluding carboxylic acids is 1. The fourth-order valence-electron chi connectivity index (χ4n) is 3.29. The van der Waals surface area contributed by atoms with Crippen molar-refractivity contribution >= 4 is 21.4 Å². The second-order valence-corrected chi connectivity index (χ2v) is 9.61. The fourth-order valence-corrected chi connectivity index (χ4v) is 4.55. The van der Waals surface area contributed by atoms with Crippen molar-refractivity contribution in [3.05, 3.63) is 95.9 Å². The standard InChI is InChI=1S/C24H23N3O3S/c1-17(2)19-5-10-22(11-6-19)31(29,30)21-8-3-18(4-9-21)15-26-24(28)20-7-12-23-25-13-14-27(23)16-20/h3-14,16-17H,15H2,1-2H3,(H,26,28). The van der Waals surface area contributed by atoms with Crippen LogP contribution in [0.4, 0.5) is 0 Å². The molecule has 6 nitrogen and oxygen atoms in total. The Balaban J connectivity index is 1.44. The highest BCUT2D eigenvalue weighted by atomic mass is 32.2. The van der Waals surface area contributed by atoms with Crippen molar-refractivity contribution in [3.8, 4) is 0 Å². The molecule has 2 aromatic heterocycles. The van der Waals surface area contributed by atoms with Crippen LogP contribution in [0.15, 0.2) is 89.0 Å². The Kier molecular flexibility index (Phi) is 5.61. The predicted molar refractivity (Wildman–Crippen MR) is 119 cm³/mol. The highest BCUT2D eigenvalue weighted by molar-refractivity contribution is 7.91. The van der Waals surface area contributed by atoms with Crippen LogP contribution in [-0.2, 0) is 16.4 Å². The topological polar surface area (TPSA) is 80.5 Å². The van der Waals surface area contributed by atoms with Gasteiger partial charge in [0, 0.05) is 25.1 Å². The van der Waals surface area contributed by atoms with E-state index in [9.17, 15) is 13.2 Å². The van der Waals surface area contributed by atoms with E-state index in [2.05, 4.69) is 24.1 Å². The second kappa shape index (κ2) is 8.35. The van der Waals surface area contributed by atoms with Crippen LogP contribution in [-0.4, -0.2) is 23.7 Å². The monoisotopic (exact) mass is 433 g/mol. The molecule has 0 aliphatic heterocycles. The van der Waals surface area contributed by atoms with Gasteiger partial charge in [0.25, 0.3) is 5.91 Å². The molecule has 0 bridgehead atoms. The molecule has 0 atom stereocenters. The zero-order valence-corrected chi connectivity index (χ0v) is 18.1. The van der Waals surface area contributed by atoms with Gasteiger partial charge in [0.2, 0.25) is 9.84 Å². The van der Waals surface area contributed by atoms with Crippen molar-refractivity contribution in [3.63, 3.8) is 0 Å². The van der Waals surface area contributed by atoms with Gasteiger partial charge in [0.1, 0.15) is 5.65 Å². The summed E-state index contributed by atoms with van der Waals surface area (Å²) >= 11 is 0. The number of hydrogen-bond acceptors (Lipinski definition) is 4. The van der Waals surface area contributed by atoms with Crippen molar-refractivity contribution in [2.75, 3.05) is 0 Å². The van der Waals surface area contributed by atoms with E-state index in [0.717, 1.165) is 16.8 Å². The maximum absolute atomic E-state index is 12.9. The lowest BCUT2D eigenvalue weighted by Gasteiger charge is -2.09. The average molecular weight is 434 g/mol. The first-order valence-corrected chi connectivity index (χ1v) is 11.5. The number of benzene rings is 2. The third-order valence-electron chi connectivity index (χ3n) is 5.19. The van der Waals surface area contributed by atoms with Crippen LogP contribution < -0.4 is 5.32 Å². The Bertz CT molecular complexity index is 1320. The van der Waals surface area contributed by atoms with Gasteiger partial charge in [-0.1, -0.05) is 38.1 Å². The van der Waals surface area contributed by atoms with E-state index in [1.807, 2.05) is 12.1 Å². The summed E-state index contributed by atoms with van der Waals surface area (Å²) in [6, 6.07) is 17.1. The van der Waals surface area contributed by atoms with Crippen LogP contribution in [0.5, 0.6) is 0 Å². The second-order valence-electron chi connectivity index (χ2n) is 7.66. The molecule has 0 spiro atoms. The van der Waals surface area contributed by atoms with E-state index in [-0.39, 0.29) is 15.7 Å². The molecular formula is C24H23N3O3S. The predicted octanol–water partition coefficient (Wildman–Crippen LogP) is 4.22. The number of pyridine rings is 1. The summed E-state index contributed by atoms with van der Waals surface area (Å²) in [5, 5.41) is 2.86. The lowest BCUT2D eigenvalue weighted by atomic mass is 10.0. The number of nitrogens with zero attached hydrogens (tertiary/aromatic N) is 2. The van der Waals surface area contributed by atoms with Crippen molar-refractivity contribution in [2.24, 2.45) is 0 Å². The molecule has 0 aliphatic rings. The molecule has 0 aliphatic carbocycles. The zero-order valence-electron chi connectivity index (χ0n) is 17.3. The number of rotatable bonds is 6. The third-order valence-corrected chi connectivity index (χ3v) is 6.98. The molecule has 0 fully saturated rings. The van der Waals surface area contributed by atoms with E-state index in [1.165, 1.54) is 0 Å². The van der Waals surface area contributed by atoms with Crippen molar-refractivity contribution in [2.45, 2.75) is 36.1 Å². The van der Waals surface area contributed by atoms with Crippen LogP contribution in [0.1, 0.15) is 41.3 Å². The minimum absolute atomic E-state index is 0.211. The molecule has 0 saturated carbocycles. The molecular weight excluding hydrogens is 410 g/mol. The Morgan fingerprint density at radius 1 is 0.968 bits per heavy atom. The van der Waals surface area contributed by atoms with Crippen LogP contribution in [0.2, 0.25) is 0 Å². The minimum atomic E-state index is -3.58. The number of nitrogens with one attached hydrogen (secondary N) is 1. The molecule has 1 N–H and O–H groups in total. The highest BCUT2D eigenvalue weighted by Gasteiger charge is 2.18. The first kappa shape index (κ1) is 20.8. The van der Waals surface area contributed by atoms with Crippen molar-refractivity contribution in [1.29, 1.82) is 0 Å². The number of carbonyl (C=O) groups is 1. The van der Waals surface area contributed by atoms with E-state index < -0.39 is 9.84 Å².